The lowest BCUT2D eigenvalue weighted by atomic mass is 10.1. The zero-order chi connectivity index (χ0) is 17.0. The van der Waals surface area contributed by atoms with Crippen LogP contribution < -0.4 is 5.11 Å². The van der Waals surface area contributed by atoms with Gasteiger partial charge < -0.3 is 19.1 Å². The first-order chi connectivity index (χ1) is 10.2. The molecule has 0 aliphatic carbocycles. The zero-order valence-electron chi connectivity index (χ0n) is 14.7. The van der Waals surface area contributed by atoms with Crippen LogP contribution in [0.25, 0.3) is 0 Å². The second kappa shape index (κ2) is 11.5. The minimum atomic E-state index is -1.18. The average molecular weight is 315 g/mol. The van der Waals surface area contributed by atoms with E-state index in [9.17, 15) is 14.7 Å². The second-order valence-corrected chi connectivity index (χ2v) is 7.03. The molecule has 1 unspecified atom stereocenters. The molecule has 0 aromatic carbocycles. The van der Waals surface area contributed by atoms with Gasteiger partial charge in [-0.3, -0.25) is 4.79 Å². The fourth-order valence-electron chi connectivity index (χ4n) is 2.41. The number of quaternary nitrogens is 1. The fourth-order valence-corrected chi connectivity index (χ4v) is 2.41. The summed E-state index contributed by atoms with van der Waals surface area (Å²) < 4.78 is 5.85. The number of aliphatic carboxylic acids is 1. The molecule has 130 valence electrons. The van der Waals surface area contributed by atoms with E-state index in [0.29, 0.717) is 17.4 Å². The van der Waals surface area contributed by atoms with Crippen molar-refractivity contribution in [2.75, 3.05) is 27.7 Å². The van der Waals surface area contributed by atoms with Crippen LogP contribution >= 0.6 is 0 Å². The molecule has 0 fully saturated rings. The molecular weight excluding hydrogens is 282 g/mol. The van der Waals surface area contributed by atoms with Crippen LogP contribution in [0.5, 0.6) is 0 Å². The fraction of sp³-hybridized carbons (Fsp3) is 0.882. The minimum Gasteiger partial charge on any atom is -0.550 e. The van der Waals surface area contributed by atoms with Gasteiger partial charge in [0.05, 0.1) is 21.1 Å². The summed E-state index contributed by atoms with van der Waals surface area (Å²) in [5.41, 5.74) is 0. The van der Waals surface area contributed by atoms with E-state index in [4.69, 9.17) is 4.74 Å². The zero-order valence-corrected chi connectivity index (χ0v) is 14.7. The quantitative estimate of drug-likeness (QED) is 0.296. The summed E-state index contributed by atoms with van der Waals surface area (Å²) in [5.74, 6) is -1.48. The van der Waals surface area contributed by atoms with Gasteiger partial charge in [0.15, 0.2) is 6.10 Å². The smallest absolute Gasteiger partial charge is 0.306 e. The van der Waals surface area contributed by atoms with E-state index >= 15 is 0 Å². The molecule has 0 rings (SSSR count). The molecule has 0 amide bonds. The molecule has 0 saturated carbocycles. The van der Waals surface area contributed by atoms with Crippen LogP contribution in [-0.4, -0.2) is 50.2 Å². The molecular formula is C17H33NO4. The Morgan fingerprint density at radius 3 is 2.05 bits per heavy atom. The largest absolute Gasteiger partial charge is 0.550 e. The first kappa shape index (κ1) is 20.9. The molecule has 0 radical (unpaired) electrons. The Kier molecular flexibility index (Phi) is 10.9. The number of carbonyl (C=O) groups is 2. The van der Waals surface area contributed by atoms with Crippen molar-refractivity contribution in [3.8, 4) is 0 Å². The van der Waals surface area contributed by atoms with Crippen LogP contribution in [0.2, 0.25) is 0 Å². The lowest BCUT2D eigenvalue weighted by Crippen LogP contribution is -2.45. The Balaban J connectivity index is 3.94. The van der Waals surface area contributed by atoms with Gasteiger partial charge in [-0.05, 0) is 6.42 Å². The van der Waals surface area contributed by atoms with Crippen LogP contribution in [0.3, 0.4) is 0 Å². The number of carbonyl (C=O) groups excluding carboxylic acids is 2. The molecule has 0 aromatic heterocycles. The van der Waals surface area contributed by atoms with Gasteiger partial charge >= 0.3 is 5.97 Å². The van der Waals surface area contributed by atoms with Crippen molar-refractivity contribution < 1.29 is 23.9 Å². The highest BCUT2D eigenvalue weighted by Gasteiger charge is 2.22. The maximum atomic E-state index is 11.8. The Hall–Kier alpha value is -1.10. The monoisotopic (exact) mass is 315 g/mol. The molecule has 0 aliphatic rings. The topological polar surface area (TPSA) is 66.4 Å². The molecule has 0 heterocycles. The minimum absolute atomic E-state index is 0.238. The third-order valence-corrected chi connectivity index (χ3v) is 3.43. The normalized spacial score (nSPS) is 12.9. The van der Waals surface area contributed by atoms with Crippen LogP contribution in [0, 0.1) is 0 Å². The number of hydrogen-bond donors (Lipinski definition) is 0. The summed E-state index contributed by atoms with van der Waals surface area (Å²) in [7, 11) is 5.81. The van der Waals surface area contributed by atoms with Crippen LogP contribution in [0.1, 0.15) is 64.7 Å². The van der Waals surface area contributed by atoms with Crippen molar-refractivity contribution in [1.82, 2.24) is 0 Å². The van der Waals surface area contributed by atoms with Gasteiger partial charge in [0.2, 0.25) is 0 Å². The van der Waals surface area contributed by atoms with E-state index in [2.05, 4.69) is 6.92 Å². The van der Waals surface area contributed by atoms with Crippen LogP contribution in [0.4, 0.5) is 0 Å². The number of hydrogen-bond acceptors (Lipinski definition) is 4. The van der Waals surface area contributed by atoms with Crippen molar-refractivity contribution >= 4 is 11.9 Å². The maximum absolute atomic E-state index is 11.8. The maximum Gasteiger partial charge on any atom is 0.306 e. The van der Waals surface area contributed by atoms with Crippen molar-refractivity contribution in [2.45, 2.75) is 70.8 Å². The Labute approximate surface area is 135 Å². The summed E-state index contributed by atoms with van der Waals surface area (Å²) in [5, 5.41) is 10.8. The predicted octanol–water partition coefficient (Wildman–Crippen LogP) is 1.89. The van der Waals surface area contributed by atoms with Gasteiger partial charge in [0, 0.05) is 18.8 Å². The number of carboxylic acids is 1. The summed E-state index contributed by atoms with van der Waals surface area (Å²) in [6.45, 7) is 2.66. The molecule has 0 bridgehead atoms. The molecule has 1 atom stereocenters. The number of rotatable bonds is 13. The highest BCUT2D eigenvalue weighted by Crippen LogP contribution is 2.11. The van der Waals surface area contributed by atoms with E-state index < -0.39 is 12.1 Å². The van der Waals surface area contributed by atoms with Gasteiger partial charge in [-0.1, -0.05) is 45.4 Å². The molecule has 0 spiro atoms. The third-order valence-electron chi connectivity index (χ3n) is 3.43. The Bertz CT molecular complexity index is 323. The van der Waals surface area contributed by atoms with Crippen molar-refractivity contribution in [1.29, 1.82) is 0 Å². The van der Waals surface area contributed by atoms with E-state index in [-0.39, 0.29) is 12.4 Å². The van der Waals surface area contributed by atoms with E-state index in [1.165, 1.54) is 25.7 Å². The first-order valence-electron chi connectivity index (χ1n) is 8.44. The molecule has 22 heavy (non-hydrogen) atoms. The van der Waals surface area contributed by atoms with Gasteiger partial charge in [-0.2, -0.15) is 0 Å². The number of carboxylic acid groups (broad SMARTS) is 1. The van der Waals surface area contributed by atoms with E-state index in [1.807, 2.05) is 21.1 Å². The van der Waals surface area contributed by atoms with Gasteiger partial charge in [-0.25, -0.2) is 0 Å². The molecule has 5 heteroatoms. The highest BCUT2D eigenvalue weighted by molar-refractivity contribution is 5.70. The van der Waals surface area contributed by atoms with Gasteiger partial charge in [-0.15, -0.1) is 0 Å². The molecule has 0 aliphatic heterocycles. The standard InChI is InChI=1S/C17H33NO4/c1-5-6-7-8-9-10-11-12-17(21)22-15(13-16(19)20)14-18(2,3)4/h15H,5-14H2,1-4H3. The second-order valence-electron chi connectivity index (χ2n) is 7.03. The number of ether oxygens (including phenoxy) is 1. The summed E-state index contributed by atoms with van der Waals surface area (Å²) in [6, 6.07) is 0. The summed E-state index contributed by atoms with van der Waals surface area (Å²) in [6.07, 6.45) is 7.50. The third kappa shape index (κ3) is 13.9. The van der Waals surface area contributed by atoms with E-state index in [1.54, 1.807) is 0 Å². The Morgan fingerprint density at radius 2 is 1.55 bits per heavy atom. The number of nitrogens with zero attached hydrogens (tertiary/aromatic N) is 1. The first-order valence-corrected chi connectivity index (χ1v) is 8.44. The van der Waals surface area contributed by atoms with Gasteiger partial charge in [0.1, 0.15) is 6.54 Å². The predicted molar refractivity (Wildman–Crippen MR) is 85.0 cm³/mol. The molecule has 0 aromatic rings. The van der Waals surface area contributed by atoms with Crippen molar-refractivity contribution in [2.24, 2.45) is 0 Å². The lowest BCUT2D eigenvalue weighted by Gasteiger charge is -2.29. The lowest BCUT2D eigenvalue weighted by molar-refractivity contribution is -0.873. The number of likely N-dealkylation sites (N-methyl/N-ethyl adjacent to an activating group) is 1. The molecule has 0 saturated heterocycles. The summed E-state index contributed by atoms with van der Waals surface area (Å²) in [4.78, 5) is 22.6. The van der Waals surface area contributed by atoms with Crippen LogP contribution in [-0.2, 0) is 14.3 Å². The average Bonchev–Trinajstić information content (AvgIpc) is 2.34. The molecule has 0 N–H and O–H groups in total. The summed E-state index contributed by atoms with van der Waals surface area (Å²) >= 11 is 0. The molecule has 5 nitrogen and oxygen atoms in total. The highest BCUT2D eigenvalue weighted by atomic mass is 16.5. The van der Waals surface area contributed by atoms with Crippen molar-refractivity contribution in [3.05, 3.63) is 0 Å². The number of esters is 1. The van der Waals surface area contributed by atoms with E-state index in [0.717, 1.165) is 19.3 Å². The van der Waals surface area contributed by atoms with Gasteiger partial charge in [0.25, 0.3) is 0 Å². The number of unbranched alkanes of at least 4 members (excludes halogenated alkanes) is 6. The SMILES string of the molecule is CCCCCCCCCC(=O)OC(CC(=O)[O-])C[N+](C)(C)C. The Morgan fingerprint density at radius 1 is 1.00 bits per heavy atom. The van der Waals surface area contributed by atoms with Crippen LogP contribution in [0.15, 0.2) is 0 Å². The van der Waals surface area contributed by atoms with Crippen molar-refractivity contribution in [3.63, 3.8) is 0 Å².